The predicted octanol–water partition coefficient (Wildman–Crippen LogP) is -0.0284. The second-order valence-corrected chi connectivity index (χ2v) is 23.0. The van der Waals surface area contributed by atoms with Gasteiger partial charge in [0.1, 0.15) is 67.1 Å². The average molecular weight is 947 g/mol. The van der Waals surface area contributed by atoms with E-state index in [9.17, 15) is 61.3 Å². The molecule has 0 aromatic heterocycles. The van der Waals surface area contributed by atoms with E-state index in [1.54, 1.807) is 0 Å². The quantitative estimate of drug-likeness (QED) is 0.0904. The Kier molecular flexibility index (Phi) is 15.4. The lowest BCUT2D eigenvalue weighted by Gasteiger charge is -2.72. The number of aliphatic hydroxyl groups is 12. The van der Waals surface area contributed by atoms with Crippen molar-refractivity contribution in [2.24, 2.45) is 45.3 Å². The topological polar surface area (TPSA) is 298 Å². The van der Waals surface area contributed by atoms with Crippen LogP contribution >= 0.6 is 0 Å². The highest BCUT2D eigenvalue weighted by Gasteiger charge is 2.74. The maximum absolute atomic E-state index is 12.7. The molecule has 7 rings (SSSR count). The Bertz CT molecular complexity index is 1700. The molecule has 4 saturated carbocycles. The summed E-state index contributed by atoms with van der Waals surface area (Å²) < 4.78 is 38.1. The van der Waals surface area contributed by atoms with E-state index in [1.165, 1.54) is 6.92 Å². The van der Waals surface area contributed by atoms with Gasteiger partial charge in [-0.25, -0.2) is 0 Å². The molecule has 0 amide bonds. The number of hydrogen-bond acceptors (Lipinski definition) is 18. The van der Waals surface area contributed by atoms with Gasteiger partial charge < -0.3 is 89.7 Å². The number of ether oxygens (including phenoxy) is 6. The van der Waals surface area contributed by atoms with Gasteiger partial charge in [-0.05, 0) is 124 Å². The minimum atomic E-state index is -1.75. The van der Waals surface area contributed by atoms with Crippen LogP contribution in [-0.2, 0) is 28.4 Å². The largest absolute Gasteiger partial charge is 0.394 e. The summed E-state index contributed by atoms with van der Waals surface area (Å²) in [6, 6.07) is 0. The van der Waals surface area contributed by atoms with Crippen LogP contribution in [0.15, 0.2) is 11.6 Å². The van der Waals surface area contributed by atoms with E-state index in [-0.39, 0.29) is 23.7 Å². The van der Waals surface area contributed by atoms with Crippen molar-refractivity contribution in [3.63, 3.8) is 0 Å². The summed E-state index contributed by atoms with van der Waals surface area (Å²) in [5, 5.41) is 132. The van der Waals surface area contributed by atoms with Gasteiger partial charge in [-0.15, -0.1) is 0 Å². The molecule has 3 heterocycles. The maximum Gasteiger partial charge on any atom is 0.187 e. The van der Waals surface area contributed by atoms with Gasteiger partial charge in [-0.2, -0.15) is 0 Å². The van der Waals surface area contributed by atoms with E-state index in [0.29, 0.717) is 51.4 Å². The minimum absolute atomic E-state index is 0.0861. The minimum Gasteiger partial charge on any atom is -0.394 e. The summed E-state index contributed by atoms with van der Waals surface area (Å²) in [6.45, 7) is 16.8. The molecule has 26 atom stereocenters. The fourth-order valence-corrected chi connectivity index (χ4v) is 14.9. The van der Waals surface area contributed by atoms with E-state index >= 15 is 0 Å². The van der Waals surface area contributed by atoms with E-state index in [2.05, 4.69) is 26.8 Å². The van der Waals surface area contributed by atoms with Crippen molar-refractivity contribution >= 4 is 0 Å². The Hall–Kier alpha value is -0.980. The van der Waals surface area contributed by atoms with Crippen LogP contribution in [0, 0.1) is 45.3 Å². The van der Waals surface area contributed by atoms with E-state index in [4.69, 9.17) is 28.4 Å². The third-order valence-corrected chi connectivity index (χ3v) is 18.7. The van der Waals surface area contributed by atoms with Crippen LogP contribution in [0.5, 0.6) is 0 Å². The molecule has 0 bridgehead atoms. The van der Waals surface area contributed by atoms with Crippen molar-refractivity contribution in [2.45, 2.75) is 230 Å². The van der Waals surface area contributed by atoms with Crippen LogP contribution in [0.2, 0.25) is 0 Å². The SMILES string of the molecule is CC(C)=CCC[C@](C)(O[C@@H]1O[C@H](CO)[C@@H](O)[C@H](O)[C@H]1O)[C@H]1CC[C@]2(C)[C@@H]1[C@@H](O)C[C@@H]1[C@@]3(C)CC[C@@H](O)C(C)(C)[C@@H]3[C@H](O[C@@H]3O[C@H](CO)[C@@H](O)[C@H](O)[C@H]3O[C@@H]3O[C@@H](C)[C@H](O)[C@@H](O)[C@H]3O)C[C@]12C. The smallest absolute Gasteiger partial charge is 0.187 e. The maximum atomic E-state index is 12.7. The average Bonchev–Trinajstić information content (AvgIpc) is 3.64. The summed E-state index contributed by atoms with van der Waals surface area (Å²) in [4.78, 5) is 0. The number of allylic oxidation sites excluding steroid dienone is 2. The second kappa shape index (κ2) is 19.2. The molecule has 7 fully saturated rings. The van der Waals surface area contributed by atoms with E-state index in [1.807, 2.05) is 34.6 Å². The first kappa shape index (κ1) is 52.8. The summed E-state index contributed by atoms with van der Waals surface area (Å²) in [7, 11) is 0. The summed E-state index contributed by atoms with van der Waals surface area (Å²) >= 11 is 0. The number of hydrogen-bond donors (Lipinski definition) is 12. The third-order valence-electron chi connectivity index (χ3n) is 18.7. The van der Waals surface area contributed by atoms with Crippen molar-refractivity contribution in [1.82, 2.24) is 0 Å². The molecule has 0 radical (unpaired) electrons. The lowest BCUT2D eigenvalue weighted by atomic mass is 9.34. The number of aliphatic hydroxyl groups excluding tert-OH is 12. The van der Waals surface area contributed by atoms with Crippen LogP contribution in [-0.4, -0.2) is 191 Å². The highest BCUT2D eigenvalue weighted by Crippen LogP contribution is 2.76. The molecule has 3 saturated heterocycles. The molecule has 0 unspecified atom stereocenters. The van der Waals surface area contributed by atoms with Gasteiger partial charge in [0.15, 0.2) is 18.9 Å². The molecule has 12 N–H and O–H groups in total. The van der Waals surface area contributed by atoms with Crippen LogP contribution in [0.1, 0.15) is 114 Å². The zero-order valence-electron chi connectivity index (χ0n) is 40.2. The first-order valence-electron chi connectivity index (χ1n) is 24.3. The first-order valence-corrected chi connectivity index (χ1v) is 24.3. The van der Waals surface area contributed by atoms with Gasteiger partial charge in [-0.1, -0.05) is 46.3 Å². The molecular formula is C48H82O18. The van der Waals surface area contributed by atoms with Crippen molar-refractivity contribution in [1.29, 1.82) is 0 Å². The summed E-state index contributed by atoms with van der Waals surface area (Å²) in [6.07, 6.45) is -18.3. The highest BCUT2D eigenvalue weighted by atomic mass is 16.8. The van der Waals surface area contributed by atoms with Crippen LogP contribution < -0.4 is 0 Å². The van der Waals surface area contributed by atoms with Crippen molar-refractivity contribution in [3.8, 4) is 0 Å². The molecule has 0 spiro atoms. The predicted molar refractivity (Wildman–Crippen MR) is 234 cm³/mol. The highest BCUT2D eigenvalue weighted by molar-refractivity contribution is 5.22. The molecule has 0 aromatic carbocycles. The molecule has 3 aliphatic heterocycles. The van der Waals surface area contributed by atoms with E-state index < -0.39 is 151 Å². The standard InChI is InChI=1S/C48H82O18/c1-21(2)11-10-14-48(9,66-42-38(60)35(57)32(54)26(19-49)63-42)23-12-16-46(7)30(23)24(51)17-28-45(6)15-13-29(52)44(4,5)40(45)25(18-47(28,46)8)62-43-39(36(58)33(55)27(20-50)64-43)65-41-37(59)34(56)31(53)22(3)61-41/h11,22-43,49-60H,10,12-20H2,1-9H3/t22-,23-,24-,25+,26+,27+,28+,29+,30-,31-,32+,33+,34+,35-,36-,37+,38+,39+,40-,41-,42-,43+,45+,46+,47+,48-/m0/s1. The molecular weight excluding hydrogens is 865 g/mol. The number of rotatable bonds is 12. The van der Waals surface area contributed by atoms with Crippen LogP contribution in [0.3, 0.4) is 0 Å². The Morgan fingerprint density at radius 3 is 1.89 bits per heavy atom. The normalized spacial score (nSPS) is 53.5. The molecule has 18 heteroatoms. The Balaban J connectivity index is 1.27. The van der Waals surface area contributed by atoms with Crippen molar-refractivity contribution < 1.29 is 89.7 Å². The van der Waals surface area contributed by atoms with E-state index in [0.717, 1.165) is 5.57 Å². The fourth-order valence-electron chi connectivity index (χ4n) is 14.9. The van der Waals surface area contributed by atoms with Crippen molar-refractivity contribution in [3.05, 3.63) is 11.6 Å². The van der Waals surface area contributed by atoms with Crippen molar-refractivity contribution in [2.75, 3.05) is 13.2 Å². The van der Waals surface area contributed by atoms with Gasteiger partial charge in [0.2, 0.25) is 0 Å². The zero-order valence-corrected chi connectivity index (χ0v) is 40.2. The second-order valence-electron chi connectivity index (χ2n) is 23.0. The Morgan fingerprint density at radius 1 is 0.682 bits per heavy atom. The Labute approximate surface area is 388 Å². The summed E-state index contributed by atoms with van der Waals surface area (Å²) in [5.74, 6) is -1.12. The van der Waals surface area contributed by atoms with Crippen LogP contribution in [0.4, 0.5) is 0 Å². The first-order chi connectivity index (χ1) is 30.7. The van der Waals surface area contributed by atoms with Gasteiger partial charge in [0.05, 0.1) is 43.2 Å². The third kappa shape index (κ3) is 8.69. The van der Waals surface area contributed by atoms with Gasteiger partial charge in [0.25, 0.3) is 0 Å². The fraction of sp³-hybridized carbons (Fsp3) is 0.958. The molecule has 382 valence electrons. The number of fused-ring (bicyclic) bond motifs is 5. The molecule has 7 aliphatic rings. The van der Waals surface area contributed by atoms with Crippen LogP contribution in [0.25, 0.3) is 0 Å². The lowest BCUT2D eigenvalue weighted by molar-refractivity contribution is -0.382. The lowest BCUT2D eigenvalue weighted by Crippen LogP contribution is -2.71. The molecule has 18 nitrogen and oxygen atoms in total. The monoisotopic (exact) mass is 947 g/mol. The van der Waals surface area contributed by atoms with Gasteiger partial charge >= 0.3 is 0 Å². The Morgan fingerprint density at radius 2 is 1.27 bits per heavy atom. The molecule has 66 heavy (non-hydrogen) atoms. The van der Waals surface area contributed by atoms with Gasteiger partial charge in [0, 0.05) is 0 Å². The molecule has 4 aliphatic carbocycles. The van der Waals surface area contributed by atoms with Gasteiger partial charge in [-0.3, -0.25) is 0 Å². The zero-order chi connectivity index (χ0) is 48.8. The summed E-state index contributed by atoms with van der Waals surface area (Å²) in [5.41, 5.74) is -2.43. The molecule has 0 aromatic rings.